The van der Waals surface area contributed by atoms with E-state index in [0.717, 1.165) is 11.1 Å². The smallest absolute Gasteiger partial charge is 0.291 e. The van der Waals surface area contributed by atoms with Crippen molar-refractivity contribution in [2.45, 2.75) is 13.2 Å². The minimum Gasteiger partial charge on any atom is -0.493 e. The number of hydrazone groups is 1. The Morgan fingerprint density at radius 3 is 2.50 bits per heavy atom. The lowest BCUT2D eigenvalue weighted by atomic mass is 10.2. The van der Waals surface area contributed by atoms with Crippen LogP contribution in [0.3, 0.4) is 0 Å². The van der Waals surface area contributed by atoms with Gasteiger partial charge in [0.1, 0.15) is 6.61 Å². The van der Waals surface area contributed by atoms with Crippen molar-refractivity contribution in [1.29, 1.82) is 0 Å². The number of halogens is 3. The molecule has 0 radical (unpaired) electrons. The molecular weight excluding hydrogens is 523 g/mol. The Bertz CT molecular complexity index is 1390. The van der Waals surface area contributed by atoms with Crippen molar-refractivity contribution < 1.29 is 14.3 Å². The van der Waals surface area contributed by atoms with Gasteiger partial charge >= 0.3 is 0 Å². The van der Waals surface area contributed by atoms with Crippen LogP contribution in [0.25, 0.3) is 0 Å². The van der Waals surface area contributed by atoms with Crippen molar-refractivity contribution in [3.05, 3.63) is 110 Å². The summed E-state index contributed by atoms with van der Waals surface area (Å²) in [7, 11) is 1.56. The molecular formula is C26H21Cl3N4O3. The molecule has 1 amide bonds. The Morgan fingerprint density at radius 2 is 1.75 bits per heavy atom. The maximum absolute atomic E-state index is 12.4. The number of nitrogens with one attached hydrogen (secondary N) is 1. The van der Waals surface area contributed by atoms with Crippen molar-refractivity contribution in [3.63, 3.8) is 0 Å². The Kier molecular flexibility index (Phi) is 8.48. The SMILES string of the molecule is COc1ccc(C=NNC(=O)c2ccn(Cc3ccc(Cl)cc3)n2)cc1OCc1ccc(Cl)c(Cl)c1. The molecule has 0 bridgehead atoms. The Hall–Kier alpha value is -3.52. The van der Waals surface area contributed by atoms with E-state index in [-0.39, 0.29) is 12.3 Å². The van der Waals surface area contributed by atoms with Crippen molar-refractivity contribution >= 4 is 46.9 Å². The normalized spacial score (nSPS) is 11.0. The predicted molar refractivity (Wildman–Crippen MR) is 142 cm³/mol. The second-order valence-electron chi connectivity index (χ2n) is 7.67. The molecule has 184 valence electrons. The summed E-state index contributed by atoms with van der Waals surface area (Å²) in [5, 5.41) is 9.94. The molecule has 0 atom stereocenters. The van der Waals surface area contributed by atoms with Gasteiger partial charge in [-0.15, -0.1) is 0 Å². The molecule has 0 aliphatic heterocycles. The van der Waals surface area contributed by atoms with Gasteiger partial charge in [0.15, 0.2) is 17.2 Å². The third-order valence-corrected chi connectivity index (χ3v) is 6.07. The second-order valence-corrected chi connectivity index (χ2v) is 8.92. The van der Waals surface area contributed by atoms with Gasteiger partial charge in [0.25, 0.3) is 5.91 Å². The molecule has 36 heavy (non-hydrogen) atoms. The third kappa shape index (κ3) is 6.79. The zero-order chi connectivity index (χ0) is 25.5. The van der Waals surface area contributed by atoms with E-state index in [0.29, 0.717) is 38.7 Å². The van der Waals surface area contributed by atoms with Crippen LogP contribution in [0.15, 0.2) is 78.0 Å². The molecule has 4 aromatic rings. The number of carbonyl (C=O) groups excluding carboxylic acids is 1. The maximum Gasteiger partial charge on any atom is 0.291 e. The fraction of sp³-hybridized carbons (Fsp3) is 0.115. The fourth-order valence-corrected chi connectivity index (χ4v) is 3.69. The summed E-state index contributed by atoms with van der Waals surface area (Å²) in [6.45, 7) is 0.786. The zero-order valence-corrected chi connectivity index (χ0v) is 21.4. The summed E-state index contributed by atoms with van der Waals surface area (Å²) >= 11 is 18.0. The predicted octanol–water partition coefficient (Wildman–Crippen LogP) is 6.24. The second kappa shape index (κ2) is 11.9. The summed E-state index contributed by atoms with van der Waals surface area (Å²) in [4.78, 5) is 12.4. The van der Waals surface area contributed by atoms with E-state index < -0.39 is 5.91 Å². The van der Waals surface area contributed by atoms with Gasteiger partial charge in [-0.25, -0.2) is 5.43 Å². The van der Waals surface area contributed by atoms with E-state index in [1.807, 2.05) is 30.3 Å². The lowest BCUT2D eigenvalue weighted by molar-refractivity contribution is 0.0949. The van der Waals surface area contributed by atoms with Gasteiger partial charge in [0.05, 0.1) is 29.9 Å². The Balaban J connectivity index is 1.36. The first-order chi connectivity index (χ1) is 17.4. The van der Waals surface area contributed by atoms with E-state index >= 15 is 0 Å². The summed E-state index contributed by atoms with van der Waals surface area (Å²) in [5.74, 6) is 0.646. The first kappa shape index (κ1) is 25.6. The van der Waals surface area contributed by atoms with Gasteiger partial charge < -0.3 is 9.47 Å². The highest BCUT2D eigenvalue weighted by Crippen LogP contribution is 2.29. The molecule has 0 saturated heterocycles. The van der Waals surface area contributed by atoms with Crippen LogP contribution in [0.1, 0.15) is 27.2 Å². The highest BCUT2D eigenvalue weighted by atomic mass is 35.5. The molecule has 0 aliphatic carbocycles. The highest BCUT2D eigenvalue weighted by Gasteiger charge is 2.10. The molecule has 1 N–H and O–H groups in total. The largest absolute Gasteiger partial charge is 0.493 e. The number of hydrogen-bond acceptors (Lipinski definition) is 5. The van der Waals surface area contributed by atoms with Crippen LogP contribution in [0.2, 0.25) is 15.1 Å². The average Bonchev–Trinajstić information content (AvgIpc) is 3.35. The van der Waals surface area contributed by atoms with Crippen molar-refractivity contribution in [2.75, 3.05) is 7.11 Å². The number of rotatable bonds is 9. The van der Waals surface area contributed by atoms with Crippen LogP contribution >= 0.6 is 34.8 Å². The fourth-order valence-electron chi connectivity index (χ4n) is 3.25. The van der Waals surface area contributed by atoms with Crippen LogP contribution < -0.4 is 14.9 Å². The average molecular weight is 544 g/mol. The van der Waals surface area contributed by atoms with Crippen molar-refractivity contribution in [2.24, 2.45) is 5.10 Å². The van der Waals surface area contributed by atoms with E-state index in [1.54, 1.807) is 54.4 Å². The van der Waals surface area contributed by atoms with Crippen LogP contribution in [0.5, 0.6) is 11.5 Å². The molecule has 0 saturated carbocycles. The van der Waals surface area contributed by atoms with Gasteiger partial charge in [-0.2, -0.15) is 10.2 Å². The number of aromatic nitrogens is 2. The van der Waals surface area contributed by atoms with Gasteiger partial charge in [-0.1, -0.05) is 53.0 Å². The molecule has 10 heteroatoms. The Morgan fingerprint density at radius 1 is 0.972 bits per heavy atom. The number of amides is 1. The summed E-state index contributed by atoms with van der Waals surface area (Å²) in [5.41, 5.74) is 5.31. The van der Waals surface area contributed by atoms with Gasteiger partial charge in [0.2, 0.25) is 0 Å². The Labute approximate surface area is 223 Å². The molecule has 0 fully saturated rings. The summed E-state index contributed by atoms with van der Waals surface area (Å²) in [6.07, 6.45) is 3.24. The molecule has 1 heterocycles. The van der Waals surface area contributed by atoms with Crippen LogP contribution in [-0.4, -0.2) is 29.0 Å². The van der Waals surface area contributed by atoms with Crippen LogP contribution in [0, 0.1) is 0 Å². The highest BCUT2D eigenvalue weighted by molar-refractivity contribution is 6.42. The van der Waals surface area contributed by atoms with Crippen molar-refractivity contribution in [1.82, 2.24) is 15.2 Å². The number of ether oxygens (including phenoxy) is 2. The molecule has 3 aromatic carbocycles. The minimum absolute atomic E-state index is 0.251. The quantitative estimate of drug-likeness (QED) is 0.200. The number of nitrogens with zero attached hydrogens (tertiary/aromatic N) is 3. The molecule has 1 aromatic heterocycles. The monoisotopic (exact) mass is 542 g/mol. The number of methoxy groups -OCH3 is 1. The maximum atomic E-state index is 12.4. The van der Waals surface area contributed by atoms with E-state index in [9.17, 15) is 4.79 Å². The van der Waals surface area contributed by atoms with E-state index in [1.165, 1.54) is 6.21 Å². The molecule has 4 rings (SSSR count). The number of carbonyl (C=O) groups is 1. The number of hydrogen-bond donors (Lipinski definition) is 1. The summed E-state index contributed by atoms with van der Waals surface area (Å²) < 4.78 is 13.0. The first-order valence-corrected chi connectivity index (χ1v) is 11.9. The van der Waals surface area contributed by atoms with Gasteiger partial charge in [0, 0.05) is 11.2 Å². The zero-order valence-electron chi connectivity index (χ0n) is 19.1. The topological polar surface area (TPSA) is 77.7 Å². The molecule has 0 unspecified atom stereocenters. The summed E-state index contributed by atoms with van der Waals surface area (Å²) in [6, 6.07) is 19.7. The van der Waals surface area contributed by atoms with Gasteiger partial charge in [-0.3, -0.25) is 9.48 Å². The first-order valence-electron chi connectivity index (χ1n) is 10.8. The van der Waals surface area contributed by atoms with Crippen LogP contribution in [0.4, 0.5) is 0 Å². The minimum atomic E-state index is -0.425. The lowest BCUT2D eigenvalue weighted by Crippen LogP contribution is -2.18. The molecule has 7 nitrogen and oxygen atoms in total. The van der Waals surface area contributed by atoms with E-state index in [2.05, 4.69) is 15.6 Å². The molecule has 0 spiro atoms. The standard InChI is InChI=1S/C26H21Cl3N4O3/c1-35-24-9-5-18(13-25(24)36-16-19-4-8-21(28)22(29)12-19)14-30-31-26(34)23-10-11-33(32-23)15-17-2-6-20(27)7-3-17/h2-14H,15-16H2,1H3,(H,31,34). The lowest BCUT2D eigenvalue weighted by Gasteiger charge is -2.12. The van der Waals surface area contributed by atoms with Crippen LogP contribution in [-0.2, 0) is 13.2 Å². The third-order valence-electron chi connectivity index (χ3n) is 5.08. The van der Waals surface area contributed by atoms with E-state index in [4.69, 9.17) is 44.3 Å². The van der Waals surface area contributed by atoms with Gasteiger partial charge in [-0.05, 0) is 65.2 Å². The number of benzene rings is 3. The molecule has 0 aliphatic rings. The van der Waals surface area contributed by atoms with Crippen molar-refractivity contribution in [3.8, 4) is 11.5 Å².